The van der Waals surface area contributed by atoms with Crippen molar-refractivity contribution in [3.05, 3.63) is 48.0 Å². The summed E-state index contributed by atoms with van der Waals surface area (Å²) in [7, 11) is 1.74. The molecule has 0 atom stereocenters. The first-order valence-electron chi connectivity index (χ1n) is 5.89. The molecule has 4 heteroatoms. The zero-order valence-corrected chi connectivity index (χ0v) is 10.3. The molecular formula is C15H11N3O. The van der Waals surface area contributed by atoms with E-state index >= 15 is 0 Å². The molecule has 0 saturated heterocycles. The van der Waals surface area contributed by atoms with E-state index in [1.807, 2.05) is 30.3 Å². The van der Waals surface area contributed by atoms with Gasteiger partial charge >= 0.3 is 0 Å². The minimum atomic E-state index is 0.516. The van der Waals surface area contributed by atoms with Crippen LogP contribution in [-0.4, -0.2) is 12.0 Å². The van der Waals surface area contributed by atoms with Gasteiger partial charge in [-0.05, 0) is 24.3 Å². The van der Waals surface area contributed by atoms with E-state index in [0.717, 1.165) is 11.0 Å². The average molecular weight is 249 g/mol. The van der Waals surface area contributed by atoms with Crippen LogP contribution in [0.2, 0.25) is 0 Å². The molecule has 19 heavy (non-hydrogen) atoms. The summed E-state index contributed by atoms with van der Waals surface area (Å²) in [6, 6.07) is 15.4. The molecule has 0 aliphatic carbocycles. The first-order chi connectivity index (χ1) is 9.31. The van der Waals surface area contributed by atoms with Gasteiger partial charge in [-0.25, -0.2) is 4.98 Å². The van der Waals surface area contributed by atoms with Crippen LogP contribution in [0, 0.1) is 11.3 Å². The van der Waals surface area contributed by atoms with Gasteiger partial charge in [0, 0.05) is 12.4 Å². The number of furan rings is 1. The van der Waals surface area contributed by atoms with Crippen molar-refractivity contribution in [1.29, 1.82) is 5.26 Å². The molecule has 0 aliphatic heterocycles. The molecule has 3 rings (SSSR count). The Balaban J connectivity index is 2.13. The number of benzene rings is 1. The number of pyridine rings is 1. The van der Waals surface area contributed by atoms with Crippen molar-refractivity contribution in [1.82, 2.24) is 4.98 Å². The molecule has 4 nitrogen and oxygen atoms in total. The van der Waals surface area contributed by atoms with E-state index in [4.69, 9.17) is 9.68 Å². The highest BCUT2D eigenvalue weighted by Gasteiger charge is 2.10. The van der Waals surface area contributed by atoms with Crippen LogP contribution in [0.5, 0.6) is 0 Å². The normalized spacial score (nSPS) is 10.3. The lowest BCUT2D eigenvalue weighted by molar-refractivity contribution is 0.629. The SMILES string of the molecule is CNc1nc(-c2cc3ccccc3o2)ccc1C#N. The van der Waals surface area contributed by atoms with Gasteiger partial charge < -0.3 is 9.73 Å². The molecule has 0 spiro atoms. The summed E-state index contributed by atoms with van der Waals surface area (Å²) in [5, 5.41) is 12.9. The van der Waals surface area contributed by atoms with Crippen LogP contribution in [-0.2, 0) is 0 Å². The number of nitrogens with one attached hydrogen (secondary N) is 1. The molecule has 1 N–H and O–H groups in total. The van der Waals surface area contributed by atoms with Crippen molar-refractivity contribution in [2.75, 3.05) is 12.4 Å². The third-order valence-corrected chi connectivity index (χ3v) is 2.93. The van der Waals surface area contributed by atoms with Gasteiger partial charge in [0.25, 0.3) is 0 Å². The topological polar surface area (TPSA) is 61.9 Å². The van der Waals surface area contributed by atoms with Crippen LogP contribution in [0.25, 0.3) is 22.4 Å². The van der Waals surface area contributed by atoms with Gasteiger partial charge in [-0.1, -0.05) is 18.2 Å². The maximum atomic E-state index is 8.97. The predicted octanol–water partition coefficient (Wildman–Crippen LogP) is 3.41. The number of nitrogens with zero attached hydrogens (tertiary/aromatic N) is 2. The van der Waals surface area contributed by atoms with E-state index < -0.39 is 0 Å². The Bertz CT molecular complexity index is 750. The summed E-state index contributed by atoms with van der Waals surface area (Å²) in [6.45, 7) is 0. The quantitative estimate of drug-likeness (QED) is 0.756. The molecule has 92 valence electrons. The summed E-state index contributed by atoms with van der Waals surface area (Å²) in [5.74, 6) is 1.25. The van der Waals surface area contributed by atoms with Crippen molar-refractivity contribution in [3.8, 4) is 17.5 Å². The first kappa shape index (κ1) is 11.3. The molecule has 3 aromatic rings. The highest BCUT2D eigenvalue weighted by Crippen LogP contribution is 2.27. The number of hydrogen-bond acceptors (Lipinski definition) is 4. The first-order valence-corrected chi connectivity index (χ1v) is 5.89. The highest BCUT2D eigenvalue weighted by molar-refractivity contribution is 5.82. The Kier molecular flexibility index (Phi) is 2.66. The summed E-state index contributed by atoms with van der Waals surface area (Å²) in [6.07, 6.45) is 0. The molecule has 0 amide bonds. The number of anilines is 1. The summed E-state index contributed by atoms with van der Waals surface area (Å²) >= 11 is 0. The maximum Gasteiger partial charge on any atom is 0.153 e. The summed E-state index contributed by atoms with van der Waals surface area (Å²) < 4.78 is 5.75. The van der Waals surface area contributed by atoms with Gasteiger partial charge in [-0.3, -0.25) is 0 Å². The van der Waals surface area contributed by atoms with Crippen LogP contribution in [0.1, 0.15) is 5.56 Å². The van der Waals surface area contributed by atoms with Gasteiger partial charge in [-0.2, -0.15) is 5.26 Å². The Morgan fingerprint density at radius 2 is 2.05 bits per heavy atom. The Labute approximate surface area is 110 Å². The average Bonchev–Trinajstić information content (AvgIpc) is 2.90. The van der Waals surface area contributed by atoms with Gasteiger partial charge in [0.1, 0.15) is 23.2 Å². The fraction of sp³-hybridized carbons (Fsp3) is 0.0667. The lowest BCUT2D eigenvalue weighted by atomic mass is 10.2. The second-order valence-corrected chi connectivity index (χ2v) is 4.10. The van der Waals surface area contributed by atoms with E-state index in [1.54, 1.807) is 19.2 Å². The molecule has 1 aromatic carbocycles. The number of nitriles is 1. The number of rotatable bonds is 2. The van der Waals surface area contributed by atoms with Crippen molar-refractivity contribution in [3.63, 3.8) is 0 Å². The highest BCUT2D eigenvalue weighted by atomic mass is 16.3. The second-order valence-electron chi connectivity index (χ2n) is 4.10. The number of para-hydroxylation sites is 1. The van der Waals surface area contributed by atoms with Gasteiger partial charge in [0.2, 0.25) is 0 Å². The van der Waals surface area contributed by atoms with Gasteiger partial charge in [0.15, 0.2) is 5.76 Å². The van der Waals surface area contributed by atoms with E-state index in [2.05, 4.69) is 16.4 Å². The zero-order valence-electron chi connectivity index (χ0n) is 10.3. The van der Waals surface area contributed by atoms with Crippen LogP contribution in [0.15, 0.2) is 46.9 Å². The minimum Gasteiger partial charge on any atom is -0.454 e. The number of aromatic nitrogens is 1. The van der Waals surface area contributed by atoms with E-state index in [0.29, 0.717) is 22.8 Å². The van der Waals surface area contributed by atoms with E-state index in [9.17, 15) is 0 Å². The Hall–Kier alpha value is -2.80. The third-order valence-electron chi connectivity index (χ3n) is 2.93. The monoisotopic (exact) mass is 249 g/mol. The summed E-state index contributed by atoms with van der Waals surface area (Å²) in [5.41, 5.74) is 2.05. The molecule has 2 aromatic heterocycles. The molecule has 0 fully saturated rings. The van der Waals surface area contributed by atoms with E-state index in [-0.39, 0.29) is 0 Å². The molecular weight excluding hydrogens is 238 g/mol. The van der Waals surface area contributed by atoms with Gasteiger partial charge in [0.05, 0.1) is 5.56 Å². The van der Waals surface area contributed by atoms with Crippen molar-refractivity contribution in [2.24, 2.45) is 0 Å². The van der Waals surface area contributed by atoms with E-state index in [1.165, 1.54) is 0 Å². The van der Waals surface area contributed by atoms with Crippen molar-refractivity contribution in [2.45, 2.75) is 0 Å². The fourth-order valence-corrected chi connectivity index (χ4v) is 1.99. The lowest BCUT2D eigenvalue weighted by Crippen LogP contribution is -1.97. The smallest absolute Gasteiger partial charge is 0.153 e. The largest absolute Gasteiger partial charge is 0.454 e. The molecule has 2 heterocycles. The lowest BCUT2D eigenvalue weighted by Gasteiger charge is -2.03. The molecule has 0 unspecified atom stereocenters. The Morgan fingerprint density at radius 1 is 1.21 bits per heavy atom. The molecule has 0 radical (unpaired) electrons. The van der Waals surface area contributed by atoms with Crippen LogP contribution in [0.3, 0.4) is 0 Å². The van der Waals surface area contributed by atoms with Crippen molar-refractivity contribution >= 4 is 16.8 Å². The standard InChI is InChI=1S/C15H11N3O/c1-17-15-11(9-16)6-7-12(18-15)14-8-10-4-2-3-5-13(10)19-14/h2-8H,1H3,(H,17,18). The maximum absolute atomic E-state index is 8.97. The van der Waals surface area contributed by atoms with Crippen LogP contribution in [0.4, 0.5) is 5.82 Å². The second kappa shape index (κ2) is 4.46. The minimum absolute atomic E-state index is 0.516. The molecule has 0 aliphatic rings. The Morgan fingerprint density at radius 3 is 2.79 bits per heavy atom. The molecule has 0 bridgehead atoms. The number of hydrogen-bond donors (Lipinski definition) is 1. The van der Waals surface area contributed by atoms with Crippen molar-refractivity contribution < 1.29 is 4.42 Å². The number of fused-ring (bicyclic) bond motifs is 1. The summed E-state index contributed by atoms with van der Waals surface area (Å²) in [4.78, 5) is 4.40. The zero-order chi connectivity index (χ0) is 13.2. The predicted molar refractivity (Wildman–Crippen MR) is 73.7 cm³/mol. The molecule has 0 saturated carbocycles. The van der Waals surface area contributed by atoms with Gasteiger partial charge in [-0.15, -0.1) is 0 Å². The fourth-order valence-electron chi connectivity index (χ4n) is 1.99. The van der Waals surface area contributed by atoms with Crippen LogP contribution < -0.4 is 5.32 Å². The third kappa shape index (κ3) is 1.91. The van der Waals surface area contributed by atoms with Crippen LogP contribution >= 0.6 is 0 Å².